The summed E-state index contributed by atoms with van der Waals surface area (Å²) >= 11 is 14.8. The van der Waals surface area contributed by atoms with Gasteiger partial charge in [0.25, 0.3) is 0 Å². The third kappa shape index (κ3) is 13.5. The molecule has 1 aliphatic carbocycles. The number of likely N-dealkylation sites (N-methyl/N-ethyl adjacent to an activating group) is 1. The number of thioether (sulfide) groups is 1. The van der Waals surface area contributed by atoms with Crippen LogP contribution in [-0.4, -0.2) is 172 Å². The van der Waals surface area contributed by atoms with E-state index in [0.29, 0.717) is 71.9 Å². The van der Waals surface area contributed by atoms with Gasteiger partial charge in [0.1, 0.15) is 29.0 Å². The number of aliphatic hydroxyl groups is 3. The van der Waals surface area contributed by atoms with Gasteiger partial charge in [-0.3, -0.25) is 19.4 Å². The smallest absolute Gasteiger partial charge is 0.320 e. The number of ether oxygens (including phenoxy) is 7. The number of carbonyl (C=O) groups is 4. The number of benzene rings is 1. The second-order valence-corrected chi connectivity index (χ2v) is 24.4. The van der Waals surface area contributed by atoms with Crippen molar-refractivity contribution < 1.29 is 67.7 Å². The number of nitrogens with zero attached hydrogens (tertiary/aromatic N) is 4. The highest BCUT2D eigenvalue weighted by molar-refractivity contribution is 8.00. The summed E-state index contributed by atoms with van der Waals surface area (Å²) in [5.74, 6) is -4.93. The van der Waals surface area contributed by atoms with E-state index in [-0.39, 0.29) is 43.9 Å². The molecule has 1 aromatic heterocycles. The average Bonchev–Trinajstić information content (AvgIpc) is 4.07. The predicted molar refractivity (Wildman–Crippen MR) is 292 cm³/mol. The Labute approximate surface area is 468 Å². The lowest BCUT2D eigenvalue weighted by molar-refractivity contribution is -0.300. The normalized spacial score (nSPS) is 34.7. The number of pyridine rings is 1. The lowest BCUT2D eigenvalue weighted by Gasteiger charge is -2.48. The first kappa shape index (κ1) is 61.1. The maximum Gasteiger partial charge on any atom is 0.320 e. The van der Waals surface area contributed by atoms with Crippen molar-refractivity contribution in [2.45, 2.75) is 179 Å². The van der Waals surface area contributed by atoms with Crippen molar-refractivity contribution >= 4 is 64.4 Å². The third-order valence-electron chi connectivity index (χ3n) is 17.1. The van der Waals surface area contributed by atoms with Crippen LogP contribution < -0.4 is 9.64 Å². The molecule has 77 heavy (non-hydrogen) atoms. The summed E-state index contributed by atoms with van der Waals surface area (Å²) in [6.45, 7) is 16.1. The molecule has 4 saturated heterocycles. The highest BCUT2D eigenvalue weighted by atomic mass is 35.5. The highest BCUT2D eigenvalue weighted by Crippen LogP contribution is 2.49. The molecule has 430 valence electrons. The van der Waals surface area contributed by atoms with Crippen LogP contribution in [0.25, 0.3) is 0 Å². The Bertz CT molecular complexity index is 2340. The van der Waals surface area contributed by atoms with Crippen LogP contribution in [0.15, 0.2) is 30.6 Å². The van der Waals surface area contributed by atoms with Crippen LogP contribution in [-0.2, 0) is 56.0 Å². The van der Waals surface area contributed by atoms with E-state index >= 15 is 4.79 Å². The van der Waals surface area contributed by atoms with Gasteiger partial charge in [-0.05, 0) is 78.7 Å². The molecule has 2 amide bonds. The summed E-state index contributed by atoms with van der Waals surface area (Å²) in [4.78, 5) is 67.3. The Balaban J connectivity index is 1.18. The summed E-state index contributed by atoms with van der Waals surface area (Å²) < 4.78 is 44.1. The molecular weight excluding hydrogens is 1060 g/mol. The maximum absolute atomic E-state index is 15.2. The molecule has 5 aliphatic rings. The van der Waals surface area contributed by atoms with Crippen LogP contribution in [0.1, 0.15) is 111 Å². The number of ketones is 1. The second kappa shape index (κ2) is 26.4. The lowest BCUT2D eigenvalue weighted by Crippen LogP contribution is -2.62. The van der Waals surface area contributed by atoms with E-state index < -0.39 is 101 Å². The number of aliphatic hydroxyl groups excluding tert-OH is 3. The molecule has 0 spiro atoms. The predicted octanol–water partition coefficient (Wildman–Crippen LogP) is 7.48. The van der Waals surface area contributed by atoms with Crippen LogP contribution in [0, 0.1) is 29.6 Å². The molecule has 7 rings (SSSR count). The first-order valence-corrected chi connectivity index (χ1v) is 29.2. The third-order valence-corrected chi connectivity index (χ3v) is 19.0. The molecule has 0 bridgehead atoms. The van der Waals surface area contributed by atoms with Crippen molar-refractivity contribution in [2.24, 2.45) is 29.6 Å². The number of anilines is 1. The van der Waals surface area contributed by atoms with Gasteiger partial charge in [-0.1, -0.05) is 57.0 Å². The molecule has 5 fully saturated rings. The molecule has 2 aromatic rings. The number of urea groups is 1. The van der Waals surface area contributed by atoms with Crippen LogP contribution >= 0.6 is 35.0 Å². The van der Waals surface area contributed by atoms with E-state index in [1.54, 1.807) is 53.5 Å². The standard InChI is InChI=1S/C56H82Cl2N4O14S/c1-11-44-56(8)45(49(52(68)76-56)77-23-20-62(29-39-40(57)27-59-28-41(39)58)37-17-16-36(30-63)43(25-37)73-38-14-12-13-15-38)33(4)46(64)31(2)26-55(7,70-10)50(34(5)47(65)35(6)51(67)74-44)75-53-48(66)42(24-32(3)72-53)60(9)54(69)61-18-21-71-22-19-61/h16-17,25,27-28,31-35,38,42,44-45,47-50,53,63,65-66H,11-15,18-24,26,29-30H2,1-10H3/t31-,32-,33-,34+,35-,42+,44-,45+,47+,48-,49?,50-,53+,55-,56-/m1/s1. The number of methoxy groups -OCH3 is 1. The van der Waals surface area contributed by atoms with E-state index in [1.165, 1.54) is 36.2 Å². The zero-order valence-corrected chi connectivity index (χ0v) is 48.7. The first-order valence-electron chi connectivity index (χ1n) is 27.4. The number of amides is 2. The van der Waals surface area contributed by atoms with Gasteiger partial charge in [0.15, 0.2) is 11.9 Å². The molecular formula is C56H82Cl2N4O14S. The Hall–Kier alpha value is -3.50. The number of carbonyl (C=O) groups excluding carboxylic acids is 4. The average molecular weight is 1140 g/mol. The van der Waals surface area contributed by atoms with Gasteiger partial charge in [-0.25, -0.2) is 4.79 Å². The largest absolute Gasteiger partial charge is 0.490 e. The Morgan fingerprint density at radius 3 is 2.29 bits per heavy atom. The number of cyclic esters (lactones) is 1. The fraction of sp³-hybridized carbons (Fsp3) is 0.732. The van der Waals surface area contributed by atoms with Gasteiger partial charge in [0.2, 0.25) is 0 Å². The summed E-state index contributed by atoms with van der Waals surface area (Å²) in [5.41, 5.74) is -0.749. The van der Waals surface area contributed by atoms with Crippen molar-refractivity contribution in [3.63, 3.8) is 0 Å². The number of hydrogen-bond acceptors (Lipinski definition) is 17. The number of fused-ring (bicyclic) bond motifs is 1. The lowest BCUT2D eigenvalue weighted by atomic mass is 9.70. The van der Waals surface area contributed by atoms with Gasteiger partial charge < -0.3 is 63.2 Å². The van der Waals surface area contributed by atoms with Gasteiger partial charge in [-0.2, -0.15) is 0 Å². The maximum atomic E-state index is 15.2. The zero-order valence-electron chi connectivity index (χ0n) is 46.4. The molecule has 1 saturated carbocycles. The van der Waals surface area contributed by atoms with E-state index in [1.807, 2.05) is 32.0 Å². The summed E-state index contributed by atoms with van der Waals surface area (Å²) in [7, 11) is 3.13. The van der Waals surface area contributed by atoms with Gasteiger partial charge >= 0.3 is 18.0 Å². The molecule has 15 atom stereocenters. The molecule has 4 aliphatic heterocycles. The molecule has 1 unspecified atom stereocenters. The van der Waals surface area contributed by atoms with Crippen molar-refractivity contribution in [1.82, 2.24) is 14.8 Å². The first-order chi connectivity index (χ1) is 36.6. The number of aromatic nitrogens is 1. The number of morpholine rings is 1. The number of hydrogen-bond donors (Lipinski definition) is 3. The molecule has 5 heterocycles. The van der Waals surface area contributed by atoms with E-state index in [2.05, 4.69) is 9.88 Å². The summed E-state index contributed by atoms with van der Waals surface area (Å²) in [6, 6.07) is 4.68. The fourth-order valence-electron chi connectivity index (χ4n) is 12.4. The van der Waals surface area contributed by atoms with Gasteiger partial charge in [-0.15, -0.1) is 11.8 Å². The van der Waals surface area contributed by atoms with Crippen LogP contribution in [0.5, 0.6) is 5.75 Å². The number of halogens is 2. The Morgan fingerprint density at radius 1 is 0.974 bits per heavy atom. The number of Topliss-reactive ketones (excluding diaryl/α,β-unsaturated/α-hetero) is 1. The summed E-state index contributed by atoms with van der Waals surface area (Å²) in [6.07, 6.45) is 1.06. The van der Waals surface area contributed by atoms with Crippen molar-refractivity contribution in [2.75, 3.05) is 57.7 Å². The minimum absolute atomic E-state index is 0.0364. The molecule has 21 heteroatoms. The Kier molecular flexibility index (Phi) is 21.0. The van der Waals surface area contributed by atoms with Crippen molar-refractivity contribution in [3.8, 4) is 5.75 Å². The van der Waals surface area contributed by atoms with Crippen molar-refractivity contribution in [1.29, 1.82) is 0 Å². The minimum Gasteiger partial charge on any atom is -0.490 e. The topological polar surface area (TPSA) is 216 Å². The molecule has 1 aromatic carbocycles. The Morgan fingerprint density at radius 2 is 1.65 bits per heavy atom. The monoisotopic (exact) mass is 1140 g/mol. The molecule has 18 nitrogen and oxygen atoms in total. The fourth-order valence-corrected chi connectivity index (χ4v) is 14.4. The van der Waals surface area contributed by atoms with E-state index in [0.717, 1.165) is 31.4 Å². The SMILES string of the molecule is CC[C@H]1OC(=O)[C@H](C)[C@@H](O)[C@H](C)[C@@H](O[C@@H]2O[C@H](C)C[C@H](N(C)C(=O)N3CCOCC3)[C@H]2O)[C@](C)(OC)C[C@@H](C)C(=O)[C@H](C)[C@H]2C(SCCN(Cc3c(Cl)cncc3Cl)c3ccc(CO)c(OC4CCCC4)c3)C(=O)O[C@@]21C. The van der Waals surface area contributed by atoms with E-state index in [4.69, 9.17) is 56.4 Å². The quantitative estimate of drug-likeness (QED) is 0.147. The van der Waals surface area contributed by atoms with Crippen LogP contribution in [0.2, 0.25) is 10.0 Å². The zero-order chi connectivity index (χ0) is 56.1. The van der Waals surface area contributed by atoms with Crippen LogP contribution in [0.4, 0.5) is 10.5 Å². The van der Waals surface area contributed by atoms with Crippen LogP contribution in [0.3, 0.4) is 0 Å². The molecule has 0 radical (unpaired) electrons. The highest BCUT2D eigenvalue weighted by Gasteiger charge is 2.62. The molecule has 3 N–H and O–H groups in total. The van der Waals surface area contributed by atoms with Gasteiger partial charge in [0, 0.05) is 105 Å². The second-order valence-electron chi connectivity index (χ2n) is 22.3. The van der Waals surface area contributed by atoms with E-state index in [9.17, 15) is 29.7 Å². The summed E-state index contributed by atoms with van der Waals surface area (Å²) in [5, 5.41) is 34.4. The number of esters is 2. The van der Waals surface area contributed by atoms with Gasteiger partial charge in [0.05, 0.1) is 71.8 Å². The minimum atomic E-state index is -1.47. The number of rotatable bonds is 15. The van der Waals surface area contributed by atoms with Crippen molar-refractivity contribution in [3.05, 3.63) is 51.8 Å².